The van der Waals surface area contributed by atoms with Gasteiger partial charge in [-0.15, -0.1) is 0 Å². The first kappa shape index (κ1) is 19.5. The summed E-state index contributed by atoms with van der Waals surface area (Å²) in [6.07, 6.45) is 2.91. The minimum atomic E-state index is -0.917. The second-order valence-electron chi connectivity index (χ2n) is 7.48. The molecule has 0 bridgehead atoms. The number of carbonyl (C=O) groups excluding carboxylic acids is 1. The Bertz CT molecular complexity index is 777. The Morgan fingerprint density at radius 2 is 2.07 bits per heavy atom. The molecular formula is C21H26O6. The molecule has 27 heavy (non-hydrogen) atoms. The summed E-state index contributed by atoms with van der Waals surface area (Å²) in [6.45, 7) is 3.98. The van der Waals surface area contributed by atoms with Crippen molar-refractivity contribution in [3.05, 3.63) is 41.7 Å². The highest BCUT2D eigenvalue weighted by atomic mass is 16.5. The number of hydrogen-bond donors (Lipinski definition) is 3. The van der Waals surface area contributed by atoms with Gasteiger partial charge in [0, 0.05) is 31.1 Å². The van der Waals surface area contributed by atoms with Crippen molar-refractivity contribution in [3.8, 4) is 11.5 Å². The lowest BCUT2D eigenvalue weighted by atomic mass is 9.69. The van der Waals surface area contributed by atoms with Crippen molar-refractivity contribution in [1.82, 2.24) is 0 Å². The van der Waals surface area contributed by atoms with Gasteiger partial charge >= 0.3 is 0 Å². The number of carbonyl (C=O) groups is 1. The Labute approximate surface area is 158 Å². The molecule has 1 saturated carbocycles. The van der Waals surface area contributed by atoms with E-state index in [1.807, 2.05) is 19.9 Å². The van der Waals surface area contributed by atoms with Crippen LogP contribution >= 0.6 is 0 Å². The summed E-state index contributed by atoms with van der Waals surface area (Å²) in [5.41, 5.74) is 1.61. The maximum absolute atomic E-state index is 13.1. The van der Waals surface area contributed by atoms with Crippen molar-refractivity contribution in [2.24, 2.45) is 11.8 Å². The molecule has 146 valence electrons. The van der Waals surface area contributed by atoms with Crippen LogP contribution in [0.4, 0.5) is 0 Å². The number of ketones is 1. The third kappa shape index (κ3) is 3.73. The Morgan fingerprint density at radius 1 is 1.33 bits per heavy atom. The van der Waals surface area contributed by atoms with Gasteiger partial charge in [-0.1, -0.05) is 11.6 Å². The number of phenolic OH excluding ortho intramolecular Hbond substituents is 2. The molecule has 0 amide bonds. The van der Waals surface area contributed by atoms with E-state index in [4.69, 9.17) is 9.47 Å². The standard InChI is InChI=1S/C21H26O6/c1-11(2)4-6-14-17(26-3)9-18-19(20(14)24)21(25)15(10-27-18)13-7-5-12(22)8-16(13)23/h4-5,7-8,10,14,17-20,22-24H,6,9H2,1-3H3. The van der Waals surface area contributed by atoms with Crippen molar-refractivity contribution in [3.63, 3.8) is 0 Å². The second-order valence-corrected chi connectivity index (χ2v) is 7.48. The zero-order valence-electron chi connectivity index (χ0n) is 15.8. The fourth-order valence-corrected chi connectivity index (χ4v) is 3.99. The van der Waals surface area contributed by atoms with Gasteiger partial charge in [-0.25, -0.2) is 0 Å². The number of allylic oxidation sites excluding steroid dienone is 3. The summed E-state index contributed by atoms with van der Waals surface area (Å²) >= 11 is 0. The van der Waals surface area contributed by atoms with Gasteiger partial charge in [0.05, 0.1) is 30.0 Å². The summed E-state index contributed by atoms with van der Waals surface area (Å²) < 4.78 is 11.3. The topological polar surface area (TPSA) is 96.2 Å². The highest BCUT2D eigenvalue weighted by molar-refractivity contribution is 6.23. The van der Waals surface area contributed by atoms with E-state index in [2.05, 4.69) is 0 Å². The molecule has 2 aliphatic rings. The molecule has 1 heterocycles. The van der Waals surface area contributed by atoms with Gasteiger partial charge in [0.1, 0.15) is 17.6 Å². The van der Waals surface area contributed by atoms with Gasteiger partial charge in [-0.3, -0.25) is 4.79 Å². The van der Waals surface area contributed by atoms with E-state index in [0.29, 0.717) is 12.8 Å². The number of aliphatic hydroxyl groups excluding tert-OH is 1. The number of rotatable bonds is 4. The van der Waals surface area contributed by atoms with E-state index in [1.165, 1.54) is 24.5 Å². The first-order valence-electron chi connectivity index (χ1n) is 9.10. The number of phenols is 2. The highest BCUT2D eigenvalue weighted by Crippen LogP contribution is 2.42. The van der Waals surface area contributed by atoms with E-state index in [0.717, 1.165) is 5.57 Å². The minimum absolute atomic E-state index is 0.0960. The first-order valence-corrected chi connectivity index (χ1v) is 9.10. The number of ether oxygens (including phenoxy) is 2. The second kappa shape index (κ2) is 7.74. The zero-order valence-corrected chi connectivity index (χ0v) is 15.8. The van der Waals surface area contributed by atoms with E-state index < -0.39 is 18.1 Å². The molecule has 6 nitrogen and oxygen atoms in total. The Balaban J connectivity index is 1.92. The summed E-state index contributed by atoms with van der Waals surface area (Å²) in [4.78, 5) is 13.1. The third-order valence-electron chi connectivity index (χ3n) is 5.45. The number of fused-ring (bicyclic) bond motifs is 1. The molecule has 1 aliphatic carbocycles. The number of methoxy groups -OCH3 is 1. The fraction of sp³-hybridized carbons (Fsp3) is 0.476. The predicted octanol–water partition coefficient (Wildman–Crippen LogP) is 2.77. The molecule has 1 aliphatic heterocycles. The SMILES string of the molecule is COC1CC2OC=C(c3ccc(O)cc3O)C(=O)C2C(O)C1CC=C(C)C. The monoisotopic (exact) mass is 374 g/mol. The van der Waals surface area contributed by atoms with Gasteiger partial charge in [0.15, 0.2) is 5.78 Å². The minimum Gasteiger partial charge on any atom is -0.508 e. The quantitative estimate of drug-likeness (QED) is 0.702. The first-order chi connectivity index (χ1) is 12.8. The highest BCUT2D eigenvalue weighted by Gasteiger charge is 2.50. The van der Waals surface area contributed by atoms with E-state index in [1.54, 1.807) is 7.11 Å². The Hall–Kier alpha value is -2.31. The lowest BCUT2D eigenvalue weighted by Crippen LogP contribution is -2.54. The molecule has 5 unspecified atom stereocenters. The van der Waals surface area contributed by atoms with Gasteiger partial charge in [0.25, 0.3) is 0 Å². The van der Waals surface area contributed by atoms with Crippen molar-refractivity contribution in [1.29, 1.82) is 0 Å². The van der Waals surface area contributed by atoms with Crippen LogP contribution < -0.4 is 0 Å². The van der Waals surface area contributed by atoms with Crippen molar-refractivity contribution >= 4 is 11.4 Å². The summed E-state index contributed by atoms with van der Waals surface area (Å²) in [7, 11) is 1.60. The van der Waals surface area contributed by atoms with Crippen LogP contribution in [-0.2, 0) is 14.3 Å². The van der Waals surface area contributed by atoms with Crippen LogP contribution in [-0.4, -0.2) is 46.5 Å². The molecule has 1 fully saturated rings. The van der Waals surface area contributed by atoms with Crippen LogP contribution in [0.2, 0.25) is 0 Å². The molecule has 1 aromatic carbocycles. The van der Waals surface area contributed by atoms with Crippen LogP contribution in [0.25, 0.3) is 5.57 Å². The van der Waals surface area contributed by atoms with Crippen molar-refractivity contribution < 1.29 is 29.6 Å². The number of Topliss-reactive ketones (excluding diaryl/α,β-unsaturated/α-hetero) is 1. The Morgan fingerprint density at radius 3 is 2.70 bits per heavy atom. The smallest absolute Gasteiger partial charge is 0.176 e. The van der Waals surface area contributed by atoms with Crippen LogP contribution in [0.1, 0.15) is 32.3 Å². The largest absolute Gasteiger partial charge is 0.508 e. The number of hydrogen-bond acceptors (Lipinski definition) is 6. The molecule has 0 spiro atoms. The summed E-state index contributed by atoms with van der Waals surface area (Å²) in [5.74, 6) is -1.51. The Kier molecular flexibility index (Phi) is 5.58. The average Bonchev–Trinajstić information content (AvgIpc) is 2.61. The lowest BCUT2D eigenvalue weighted by Gasteiger charge is -2.44. The molecule has 6 heteroatoms. The normalized spacial score (nSPS) is 30.1. The number of aromatic hydroxyl groups is 2. The van der Waals surface area contributed by atoms with Crippen LogP contribution in [0.3, 0.4) is 0 Å². The van der Waals surface area contributed by atoms with E-state index in [-0.39, 0.29) is 40.4 Å². The average molecular weight is 374 g/mol. The van der Waals surface area contributed by atoms with E-state index in [9.17, 15) is 20.1 Å². The maximum atomic E-state index is 13.1. The lowest BCUT2D eigenvalue weighted by molar-refractivity contribution is -0.151. The third-order valence-corrected chi connectivity index (χ3v) is 5.45. The van der Waals surface area contributed by atoms with Gasteiger partial charge in [-0.05, 0) is 32.4 Å². The van der Waals surface area contributed by atoms with Gasteiger partial charge in [-0.2, -0.15) is 0 Å². The molecule has 0 radical (unpaired) electrons. The number of aliphatic hydroxyl groups is 1. The molecular weight excluding hydrogens is 348 g/mol. The summed E-state index contributed by atoms with van der Waals surface area (Å²) in [5, 5.41) is 30.6. The molecule has 0 saturated heterocycles. The van der Waals surface area contributed by atoms with Gasteiger partial charge in [0.2, 0.25) is 0 Å². The van der Waals surface area contributed by atoms with Crippen molar-refractivity contribution in [2.45, 2.75) is 45.0 Å². The van der Waals surface area contributed by atoms with Gasteiger partial charge < -0.3 is 24.8 Å². The van der Waals surface area contributed by atoms with Crippen LogP contribution in [0.5, 0.6) is 11.5 Å². The van der Waals surface area contributed by atoms with Crippen LogP contribution in [0.15, 0.2) is 36.1 Å². The molecule has 0 aromatic heterocycles. The van der Waals surface area contributed by atoms with Crippen molar-refractivity contribution in [2.75, 3.05) is 7.11 Å². The maximum Gasteiger partial charge on any atom is 0.176 e. The molecule has 1 aromatic rings. The fourth-order valence-electron chi connectivity index (χ4n) is 3.99. The molecule has 5 atom stereocenters. The summed E-state index contributed by atoms with van der Waals surface area (Å²) in [6, 6.07) is 4.03. The molecule has 3 rings (SSSR count). The van der Waals surface area contributed by atoms with E-state index >= 15 is 0 Å². The predicted molar refractivity (Wildman–Crippen MR) is 100 cm³/mol. The number of benzene rings is 1. The molecule has 3 N–H and O–H groups in total. The van der Waals surface area contributed by atoms with Crippen LogP contribution in [0, 0.1) is 11.8 Å². The zero-order chi connectivity index (χ0) is 19.7.